The third kappa shape index (κ3) is 7.50. The highest BCUT2D eigenvalue weighted by molar-refractivity contribution is 5.76. The van der Waals surface area contributed by atoms with Crippen molar-refractivity contribution in [2.45, 2.75) is 19.8 Å². The maximum atomic E-state index is 10.5. The maximum Gasteiger partial charge on any atom is 0.245 e. The van der Waals surface area contributed by atoms with Crippen LogP contribution in [0, 0.1) is 0 Å². The van der Waals surface area contributed by atoms with E-state index in [4.69, 9.17) is 5.11 Å². The Morgan fingerprint density at radius 2 is 2.00 bits per heavy atom. The van der Waals surface area contributed by atoms with E-state index in [0.29, 0.717) is 6.54 Å². The minimum Gasteiger partial charge on any atom is -0.387 e. The molecule has 0 spiro atoms. The highest BCUT2D eigenvalue weighted by Crippen LogP contribution is 1.83. The second-order valence-corrected chi connectivity index (χ2v) is 2.57. The average Bonchev–Trinajstić information content (AvgIpc) is 2.10. The molecular weight excluding hydrogens is 156 g/mol. The molecule has 0 saturated carbocycles. The summed E-state index contributed by atoms with van der Waals surface area (Å²) < 4.78 is 0. The molecule has 0 fully saturated rings. The zero-order chi connectivity index (χ0) is 9.23. The fourth-order valence-electron chi connectivity index (χ4n) is 0.835. The molecule has 4 nitrogen and oxygen atoms in total. The zero-order valence-corrected chi connectivity index (χ0v) is 7.60. The predicted octanol–water partition coefficient (Wildman–Crippen LogP) is -0.515. The van der Waals surface area contributed by atoms with E-state index in [2.05, 4.69) is 17.6 Å². The molecule has 0 radical (unpaired) electrons. The van der Waals surface area contributed by atoms with Gasteiger partial charge in [0, 0.05) is 6.54 Å². The average molecular weight is 174 g/mol. The second-order valence-electron chi connectivity index (χ2n) is 2.57. The Morgan fingerprint density at radius 3 is 2.58 bits per heavy atom. The number of unbranched alkanes of at least 4 members (excludes halogenated alkanes) is 1. The molecule has 0 unspecified atom stereocenters. The van der Waals surface area contributed by atoms with Gasteiger partial charge in [0.15, 0.2) is 0 Å². The number of hydrogen-bond acceptors (Lipinski definition) is 3. The quantitative estimate of drug-likeness (QED) is 0.455. The van der Waals surface area contributed by atoms with Crippen molar-refractivity contribution in [3.05, 3.63) is 0 Å². The second kappa shape index (κ2) is 8.49. The van der Waals surface area contributed by atoms with Crippen LogP contribution in [0.4, 0.5) is 0 Å². The molecule has 0 aliphatic rings. The number of aliphatic hydroxyl groups excluding tert-OH is 1. The molecule has 0 bridgehead atoms. The van der Waals surface area contributed by atoms with Crippen molar-refractivity contribution in [3.8, 4) is 0 Å². The van der Waals surface area contributed by atoms with Crippen LogP contribution in [0.5, 0.6) is 0 Å². The fourth-order valence-corrected chi connectivity index (χ4v) is 0.835. The summed E-state index contributed by atoms with van der Waals surface area (Å²) in [6.45, 7) is 4.29. The van der Waals surface area contributed by atoms with Crippen molar-refractivity contribution in [1.29, 1.82) is 0 Å². The molecule has 0 aromatic carbocycles. The molecule has 0 rings (SSSR count). The summed E-state index contributed by atoms with van der Waals surface area (Å²) in [5, 5.41) is 14.1. The molecule has 0 heterocycles. The lowest BCUT2D eigenvalue weighted by molar-refractivity contribution is -0.123. The molecule has 0 aliphatic carbocycles. The van der Waals surface area contributed by atoms with E-state index >= 15 is 0 Å². The number of hydrogen-bond donors (Lipinski definition) is 3. The Bertz CT molecular complexity index is 118. The van der Waals surface area contributed by atoms with Crippen molar-refractivity contribution in [3.63, 3.8) is 0 Å². The fraction of sp³-hybridized carbons (Fsp3) is 0.875. The molecule has 3 N–H and O–H groups in total. The van der Waals surface area contributed by atoms with Gasteiger partial charge in [-0.2, -0.15) is 0 Å². The molecule has 0 atom stereocenters. The van der Waals surface area contributed by atoms with E-state index < -0.39 is 6.61 Å². The standard InChI is InChI=1S/C8H18N2O2/c1-2-9-5-3-4-6-10-8(12)7-11/h9,11H,2-7H2,1H3,(H,10,12). The van der Waals surface area contributed by atoms with Gasteiger partial charge in [-0.15, -0.1) is 0 Å². The summed E-state index contributed by atoms with van der Waals surface area (Å²) in [5.74, 6) is -0.293. The lowest BCUT2D eigenvalue weighted by Gasteiger charge is -2.03. The van der Waals surface area contributed by atoms with Gasteiger partial charge in [0.2, 0.25) is 5.91 Å². The molecule has 0 saturated heterocycles. The molecule has 12 heavy (non-hydrogen) atoms. The first-order chi connectivity index (χ1) is 5.81. The molecule has 0 aromatic heterocycles. The van der Waals surface area contributed by atoms with Crippen molar-refractivity contribution in [2.24, 2.45) is 0 Å². The minimum absolute atomic E-state index is 0.293. The van der Waals surface area contributed by atoms with E-state index in [1.165, 1.54) is 0 Å². The lowest BCUT2D eigenvalue weighted by Crippen LogP contribution is -2.27. The Hall–Kier alpha value is -0.610. The van der Waals surface area contributed by atoms with Gasteiger partial charge in [-0.25, -0.2) is 0 Å². The van der Waals surface area contributed by atoms with Crippen molar-refractivity contribution >= 4 is 5.91 Å². The number of carbonyl (C=O) groups is 1. The van der Waals surface area contributed by atoms with Gasteiger partial charge in [0.1, 0.15) is 6.61 Å². The van der Waals surface area contributed by atoms with E-state index in [1.54, 1.807) is 0 Å². The van der Waals surface area contributed by atoms with E-state index in [-0.39, 0.29) is 5.91 Å². The summed E-state index contributed by atoms with van der Waals surface area (Å²) >= 11 is 0. The van der Waals surface area contributed by atoms with Gasteiger partial charge < -0.3 is 15.7 Å². The number of rotatable bonds is 7. The Labute approximate surface area is 73.3 Å². The van der Waals surface area contributed by atoms with Gasteiger partial charge in [-0.1, -0.05) is 6.92 Å². The molecule has 4 heteroatoms. The van der Waals surface area contributed by atoms with Crippen LogP contribution in [0.25, 0.3) is 0 Å². The van der Waals surface area contributed by atoms with Crippen LogP contribution >= 0.6 is 0 Å². The molecule has 0 aliphatic heterocycles. The normalized spacial score (nSPS) is 9.83. The number of amides is 1. The van der Waals surface area contributed by atoms with Crippen LogP contribution in [0.3, 0.4) is 0 Å². The summed E-state index contributed by atoms with van der Waals surface area (Å²) in [6, 6.07) is 0. The monoisotopic (exact) mass is 174 g/mol. The van der Waals surface area contributed by atoms with Gasteiger partial charge in [-0.05, 0) is 25.9 Å². The van der Waals surface area contributed by atoms with Crippen LogP contribution in [0.1, 0.15) is 19.8 Å². The van der Waals surface area contributed by atoms with Crippen LogP contribution < -0.4 is 10.6 Å². The summed E-state index contributed by atoms with van der Waals surface area (Å²) in [4.78, 5) is 10.5. The van der Waals surface area contributed by atoms with Crippen molar-refractivity contribution in [1.82, 2.24) is 10.6 Å². The van der Waals surface area contributed by atoms with Gasteiger partial charge in [0.05, 0.1) is 0 Å². The molecule has 72 valence electrons. The summed E-state index contributed by atoms with van der Waals surface area (Å²) in [5.41, 5.74) is 0. The number of carbonyl (C=O) groups excluding carboxylic acids is 1. The van der Waals surface area contributed by atoms with Gasteiger partial charge in [-0.3, -0.25) is 4.79 Å². The number of aliphatic hydroxyl groups is 1. The van der Waals surface area contributed by atoms with Crippen molar-refractivity contribution in [2.75, 3.05) is 26.2 Å². The predicted molar refractivity (Wildman–Crippen MR) is 47.9 cm³/mol. The Kier molecular flexibility index (Phi) is 8.05. The SMILES string of the molecule is CCNCCCCNC(=O)CO. The smallest absolute Gasteiger partial charge is 0.245 e. The Morgan fingerprint density at radius 1 is 1.33 bits per heavy atom. The van der Waals surface area contributed by atoms with E-state index in [0.717, 1.165) is 25.9 Å². The first-order valence-electron chi connectivity index (χ1n) is 4.39. The van der Waals surface area contributed by atoms with Crippen LogP contribution in [0.15, 0.2) is 0 Å². The molecule has 1 amide bonds. The third-order valence-electron chi connectivity index (χ3n) is 1.50. The van der Waals surface area contributed by atoms with Crippen LogP contribution in [-0.4, -0.2) is 37.3 Å². The lowest BCUT2D eigenvalue weighted by atomic mass is 10.3. The zero-order valence-electron chi connectivity index (χ0n) is 7.60. The first kappa shape index (κ1) is 11.4. The molecule has 0 aromatic rings. The number of nitrogens with one attached hydrogen (secondary N) is 2. The maximum absolute atomic E-state index is 10.5. The van der Waals surface area contributed by atoms with Crippen LogP contribution in [0.2, 0.25) is 0 Å². The summed E-state index contributed by atoms with van der Waals surface area (Å²) in [6.07, 6.45) is 2.01. The van der Waals surface area contributed by atoms with Crippen molar-refractivity contribution < 1.29 is 9.90 Å². The van der Waals surface area contributed by atoms with Gasteiger partial charge in [0.25, 0.3) is 0 Å². The topological polar surface area (TPSA) is 61.4 Å². The van der Waals surface area contributed by atoms with E-state index in [9.17, 15) is 4.79 Å². The van der Waals surface area contributed by atoms with Gasteiger partial charge >= 0.3 is 0 Å². The summed E-state index contributed by atoms with van der Waals surface area (Å²) in [7, 11) is 0. The molecular formula is C8H18N2O2. The minimum atomic E-state index is -0.410. The first-order valence-corrected chi connectivity index (χ1v) is 4.39. The largest absolute Gasteiger partial charge is 0.387 e. The highest BCUT2D eigenvalue weighted by atomic mass is 16.3. The Balaban J connectivity index is 2.95. The highest BCUT2D eigenvalue weighted by Gasteiger charge is 1.95. The third-order valence-corrected chi connectivity index (χ3v) is 1.50. The van der Waals surface area contributed by atoms with Crippen LogP contribution in [-0.2, 0) is 4.79 Å². The van der Waals surface area contributed by atoms with E-state index in [1.807, 2.05) is 0 Å².